The smallest absolute Gasteiger partial charge is 0.289 e. The molecular weight excluding hydrogens is 352 g/mol. The van der Waals surface area contributed by atoms with E-state index >= 15 is 0 Å². The van der Waals surface area contributed by atoms with Crippen LogP contribution in [0.2, 0.25) is 0 Å². The molecule has 2 saturated heterocycles. The zero-order chi connectivity index (χ0) is 18.6. The first kappa shape index (κ1) is 19.3. The number of amides is 2. The van der Waals surface area contributed by atoms with Gasteiger partial charge < -0.3 is 19.0 Å². The van der Waals surface area contributed by atoms with Crippen molar-refractivity contribution in [1.29, 1.82) is 0 Å². The Hall–Kier alpha value is -1.47. The van der Waals surface area contributed by atoms with Gasteiger partial charge in [-0.2, -0.15) is 11.8 Å². The lowest BCUT2D eigenvalue weighted by molar-refractivity contribution is -0.139. The molecule has 0 aromatic carbocycles. The Morgan fingerprint density at radius 2 is 2.19 bits per heavy atom. The van der Waals surface area contributed by atoms with E-state index in [1.807, 2.05) is 22.1 Å². The third kappa shape index (κ3) is 4.26. The van der Waals surface area contributed by atoms with E-state index in [4.69, 9.17) is 9.15 Å². The SMILES string of the molecule is COCCN1CC2(CCCN(C(=O)c3ccc(CSC)o3)C2)CCC1=O. The second kappa shape index (κ2) is 8.48. The van der Waals surface area contributed by atoms with E-state index in [0.29, 0.717) is 31.9 Å². The minimum absolute atomic E-state index is 0.00422. The van der Waals surface area contributed by atoms with Gasteiger partial charge in [0.15, 0.2) is 5.76 Å². The molecule has 1 spiro atoms. The van der Waals surface area contributed by atoms with E-state index in [1.165, 1.54) is 0 Å². The van der Waals surface area contributed by atoms with Crippen LogP contribution < -0.4 is 0 Å². The predicted octanol–water partition coefficient (Wildman–Crippen LogP) is 2.63. The van der Waals surface area contributed by atoms with Gasteiger partial charge in [0.2, 0.25) is 5.91 Å². The highest BCUT2D eigenvalue weighted by Crippen LogP contribution is 2.39. The van der Waals surface area contributed by atoms with Crippen molar-refractivity contribution < 1.29 is 18.7 Å². The summed E-state index contributed by atoms with van der Waals surface area (Å²) in [6.45, 7) is 3.34. The Morgan fingerprint density at radius 1 is 1.35 bits per heavy atom. The number of carbonyl (C=O) groups is 2. The summed E-state index contributed by atoms with van der Waals surface area (Å²) in [5, 5.41) is 0. The zero-order valence-electron chi connectivity index (χ0n) is 15.7. The molecule has 144 valence electrons. The molecule has 3 heterocycles. The van der Waals surface area contributed by atoms with Crippen molar-refractivity contribution in [3.63, 3.8) is 0 Å². The van der Waals surface area contributed by atoms with Crippen molar-refractivity contribution in [3.05, 3.63) is 23.7 Å². The Balaban J connectivity index is 1.67. The molecule has 2 fully saturated rings. The first-order chi connectivity index (χ1) is 12.6. The number of furan rings is 1. The van der Waals surface area contributed by atoms with E-state index in [1.54, 1.807) is 24.9 Å². The average molecular weight is 381 g/mol. The number of ether oxygens (including phenoxy) is 1. The summed E-state index contributed by atoms with van der Waals surface area (Å²) in [5.74, 6) is 2.20. The molecule has 0 saturated carbocycles. The molecular formula is C19H28N2O4S. The van der Waals surface area contributed by atoms with Crippen LogP contribution in [-0.4, -0.2) is 67.8 Å². The highest BCUT2D eigenvalue weighted by molar-refractivity contribution is 7.97. The minimum atomic E-state index is -0.0308. The molecule has 2 amide bonds. The molecule has 3 rings (SSSR count). The van der Waals surface area contributed by atoms with Gasteiger partial charge >= 0.3 is 0 Å². The molecule has 6 nitrogen and oxygen atoms in total. The number of piperidine rings is 2. The summed E-state index contributed by atoms with van der Waals surface area (Å²) < 4.78 is 10.8. The summed E-state index contributed by atoms with van der Waals surface area (Å²) >= 11 is 1.67. The van der Waals surface area contributed by atoms with E-state index in [0.717, 1.165) is 43.9 Å². The number of rotatable bonds is 6. The maximum Gasteiger partial charge on any atom is 0.289 e. The fourth-order valence-electron chi connectivity index (χ4n) is 4.09. The highest BCUT2D eigenvalue weighted by Gasteiger charge is 2.43. The van der Waals surface area contributed by atoms with Crippen LogP contribution in [0.5, 0.6) is 0 Å². The molecule has 1 atom stereocenters. The Kier molecular flexibility index (Phi) is 6.29. The van der Waals surface area contributed by atoms with Crippen LogP contribution >= 0.6 is 11.8 Å². The predicted molar refractivity (Wildman–Crippen MR) is 101 cm³/mol. The van der Waals surface area contributed by atoms with Crippen molar-refractivity contribution >= 4 is 23.6 Å². The highest BCUT2D eigenvalue weighted by atomic mass is 32.2. The van der Waals surface area contributed by atoms with Gasteiger partial charge in [-0.15, -0.1) is 0 Å². The largest absolute Gasteiger partial charge is 0.455 e. The topological polar surface area (TPSA) is 63.0 Å². The van der Waals surface area contributed by atoms with Crippen molar-refractivity contribution in [2.24, 2.45) is 5.41 Å². The number of carbonyl (C=O) groups excluding carboxylic acids is 2. The molecule has 0 bridgehead atoms. The third-order valence-corrected chi connectivity index (χ3v) is 5.99. The maximum atomic E-state index is 12.9. The molecule has 26 heavy (non-hydrogen) atoms. The van der Waals surface area contributed by atoms with Crippen LogP contribution in [0.1, 0.15) is 42.0 Å². The molecule has 7 heteroatoms. The first-order valence-corrected chi connectivity index (χ1v) is 10.6. The molecule has 1 aromatic rings. The maximum absolute atomic E-state index is 12.9. The third-order valence-electron chi connectivity index (χ3n) is 5.42. The fourth-order valence-corrected chi connectivity index (χ4v) is 4.53. The standard InChI is InChI=1S/C19H28N2O4S/c1-24-11-10-20-13-19(8-6-17(20)22)7-3-9-21(14-19)18(23)16-5-4-15(25-16)12-26-2/h4-5H,3,6-14H2,1-2H3. The monoisotopic (exact) mass is 380 g/mol. The molecule has 0 radical (unpaired) electrons. The molecule has 1 aromatic heterocycles. The van der Waals surface area contributed by atoms with Gasteiger partial charge in [0.1, 0.15) is 5.76 Å². The number of likely N-dealkylation sites (tertiary alicyclic amines) is 2. The lowest BCUT2D eigenvalue weighted by atomic mass is 9.73. The quantitative estimate of drug-likeness (QED) is 0.759. The normalized spacial score (nSPS) is 23.7. The summed E-state index contributed by atoms with van der Waals surface area (Å²) in [6.07, 6.45) is 5.46. The minimum Gasteiger partial charge on any atom is -0.455 e. The van der Waals surface area contributed by atoms with Crippen molar-refractivity contribution in [3.8, 4) is 0 Å². The van der Waals surface area contributed by atoms with Gasteiger partial charge in [-0.25, -0.2) is 0 Å². The molecule has 2 aliphatic heterocycles. The first-order valence-electron chi connectivity index (χ1n) is 9.20. The molecule has 1 unspecified atom stereocenters. The zero-order valence-corrected chi connectivity index (χ0v) is 16.5. The number of methoxy groups -OCH3 is 1. The molecule has 0 N–H and O–H groups in total. The van der Waals surface area contributed by atoms with Crippen molar-refractivity contribution in [2.75, 3.05) is 46.2 Å². The van der Waals surface area contributed by atoms with Gasteiger partial charge in [-0.05, 0) is 37.7 Å². The van der Waals surface area contributed by atoms with Crippen LogP contribution in [0.15, 0.2) is 16.5 Å². The summed E-state index contributed by atoms with van der Waals surface area (Å²) in [5.41, 5.74) is 0.00422. The van der Waals surface area contributed by atoms with Crippen molar-refractivity contribution in [1.82, 2.24) is 9.80 Å². The van der Waals surface area contributed by atoms with Crippen LogP contribution in [0, 0.1) is 5.41 Å². The van der Waals surface area contributed by atoms with E-state index in [9.17, 15) is 9.59 Å². The van der Waals surface area contributed by atoms with Crippen molar-refractivity contribution in [2.45, 2.75) is 31.4 Å². The Bertz CT molecular complexity index is 647. The van der Waals surface area contributed by atoms with E-state index in [-0.39, 0.29) is 17.2 Å². The van der Waals surface area contributed by atoms with Gasteiger partial charge in [0.05, 0.1) is 12.4 Å². The Labute approximate surface area is 159 Å². The fraction of sp³-hybridized carbons (Fsp3) is 0.684. The second-order valence-electron chi connectivity index (χ2n) is 7.34. The van der Waals surface area contributed by atoms with Crippen LogP contribution in [0.4, 0.5) is 0 Å². The van der Waals surface area contributed by atoms with E-state index in [2.05, 4.69) is 0 Å². The summed E-state index contributed by atoms with van der Waals surface area (Å²) in [7, 11) is 1.65. The number of hydrogen-bond donors (Lipinski definition) is 0. The van der Waals surface area contributed by atoms with Gasteiger partial charge in [0, 0.05) is 45.1 Å². The van der Waals surface area contributed by atoms with Gasteiger partial charge in [-0.3, -0.25) is 9.59 Å². The van der Waals surface area contributed by atoms with Crippen LogP contribution in [-0.2, 0) is 15.3 Å². The molecule has 0 aliphatic carbocycles. The number of hydrogen-bond acceptors (Lipinski definition) is 5. The second-order valence-corrected chi connectivity index (χ2v) is 8.20. The van der Waals surface area contributed by atoms with Gasteiger partial charge in [0.25, 0.3) is 5.91 Å². The lowest BCUT2D eigenvalue weighted by Gasteiger charge is -2.48. The molecule has 2 aliphatic rings. The number of nitrogens with zero attached hydrogens (tertiary/aromatic N) is 2. The van der Waals surface area contributed by atoms with Crippen LogP contribution in [0.3, 0.4) is 0 Å². The van der Waals surface area contributed by atoms with Gasteiger partial charge in [-0.1, -0.05) is 0 Å². The number of thioether (sulfide) groups is 1. The summed E-state index contributed by atoms with van der Waals surface area (Å²) in [4.78, 5) is 28.9. The average Bonchev–Trinajstić information content (AvgIpc) is 3.11. The lowest BCUT2D eigenvalue weighted by Crippen LogP contribution is -2.55. The Morgan fingerprint density at radius 3 is 2.96 bits per heavy atom. The van der Waals surface area contributed by atoms with Crippen LogP contribution in [0.25, 0.3) is 0 Å². The van der Waals surface area contributed by atoms with E-state index < -0.39 is 0 Å². The summed E-state index contributed by atoms with van der Waals surface area (Å²) in [6, 6.07) is 3.67.